The number of benzene rings is 1. The Morgan fingerprint density at radius 2 is 1.96 bits per heavy atom. The molecule has 1 heterocycles. The van der Waals surface area contributed by atoms with Gasteiger partial charge in [-0.2, -0.15) is 0 Å². The summed E-state index contributed by atoms with van der Waals surface area (Å²) in [7, 11) is -0.344. The molecule has 1 N–H and O–H groups in total. The van der Waals surface area contributed by atoms with E-state index in [9.17, 15) is 13.2 Å². The van der Waals surface area contributed by atoms with E-state index < -0.39 is 10.0 Å². The maximum Gasteiger partial charge on any atom is 0.251 e. The van der Waals surface area contributed by atoms with Crippen molar-refractivity contribution in [3.8, 4) is 5.75 Å². The number of rotatable bonds is 7. The lowest BCUT2D eigenvalue weighted by Gasteiger charge is -2.21. The SMILES string of the molecule is CCOc1ccc(C(=O)N[C@@H]2COC[C@H]2CS(=O)(=O)N(C)C)cc1. The molecule has 0 unspecified atom stereocenters. The highest BCUT2D eigenvalue weighted by atomic mass is 32.2. The van der Waals surface area contributed by atoms with Crippen LogP contribution in [0.1, 0.15) is 17.3 Å². The number of sulfonamides is 1. The van der Waals surface area contributed by atoms with Crippen LogP contribution >= 0.6 is 0 Å². The second kappa shape index (κ2) is 7.96. The number of nitrogens with one attached hydrogen (secondary N) is 1. The Hall–Kier alpha value is -1.64. The first-order valence-corrected chi connectivity index (χ1v) is 9.46. The van der Waals surface area contributed by atoms with Crippen molar-refractivity contribution >= 4 is 15.9 Å². The van der Waals surface area contributed by atoms with E-state index in [0.29, 0.717) is 31.1 Å². The molecular weight excluding hydrogens is 332 g/mol. The molecule has 1 saturated heterocycles. The summed E-state index contributed by atoms with van der Waals surface area (Å²) in [6, 6.07) is 6.51. The van der Waals surface area contributed by atoms with Gasteiger partial charge in [0.1, 0.15) is 5.75 Å². The zero-order valence-corrected chi connectivity index (χ0v) is 15.0. The molecule has 7 nitrogen and oxygen atoms in total. The van der Waals surface area contributed by atoms with Crippen LogP contribution in [-0.4, -0.2) is 64.3 Å². The Labute approximate surface area is 143 Å². The van der Waals surface area contributed by atoms with Gasteiger partial charge in [0.05, 0.1) is 31.6 Å². The highest BCUT2D eigenvalue weighted by Gasteiger charge is 2.34. The Bertz CT molecular complexity index is 658. The van der Waals surface area contributed by atoms with E-state index in [4.69, 9.17) is 9.47 Å². The lowest BCUT2D eigenvalue weighted by atomic mass is 10.1. The summed E-state index contributed by atoms with van der Waals surface area (Å²) in [4.78, 5) is 12.3. The molecule has 0 aliphatic carbocycles. The minimum atomic E-state index is -3.34. The molecule has 1 aromatic rings. The van der Waals surface area contributed by atoms with E-state index in [1.165, 1.54) is 18.4 Å². The van der Waals surface area contributed by atoms with Crippen LogP contribution in [0.5, 0.6) is 5.75 Å². The fourth-order valence-electron chi connectivity index (χ4n) is 2.46. The van der Waals surface area contributed by atoms with Crippen molar-refractivity contribution < 1.29 is 22.7 Å². The first-order valence-electron chi connectivity index (χ1n) is 7.85. The van der Waals surface area contributed by atoms with Crippen LogP contribution < -0.4 is 10.1 Å². The van der Waals surface area contributed by atoms with Gasteiger partial charge in [0.25, 0.3) is 5.91 Å². The second-order valence-electron chi connectivity index (χ2n) is 5.90. The van der Waals surface area contributed by atoms with E-state index in [1.807, 2.05) is 6.92 Å². The highest BCUT2D eigenvalue weighted by molar-refractivity contribution is 7.89. The Morgan fingerprint density at radius 1 is 1.29 bits per heavy atom. The Kier molecular flexibility index (Phi) is 6.20. The van der Waals surface area contributed by atoms with Crippen LogP contribution in [0.3, 0.4) is 0 Å². The maximum atomic E-state index is 12.3. The van der Waals surface area contributed by atoms with E-state index in [0.717, 1.165) is 0 Å². The van der Waals surface area contributed by atoms with Crippen molar-refractivity contribution in [2.75, 3.05) is 39.7 Å². The monoisotopic (exact) mass is 356 g/mol. The van der Waals surface area contributed by atoms with Gasteiger partial charge >= 0.3 is 0 Å². The molecule has 0 spiro atoms. The smallest absolute Gasteiger partial charge is 0.251 e. The molecule has 8 heteroatoms. The topological polar surface area (TPSA) is 84.9 Å². The van der Waals surface area contributed by atoms with Crippen LogP contribution in [0.25, 0.3) is 0 Å². The third-order valence-corrected chi connectivity index (χ3v) is 5.89. The van der Waals surface area contributed by atoms with Crippen molar-refractivity contribution in [3.05, 3.63) is 29.8 Å². The first-order chi connectivity index (χ1) is 11.3. The normalized spacial score (nSPS) is 21.0. The van der Waals surface area contributed by atoms with Crippen molar-refractivity contribution in [2.24, 2.45) is 5.92 Å². The van der Waals surface area contributed by atoms with E-state index >= 15 is 0 Å². The maximum absolute atomic E-state index is 12.3. The number of hydrogen-bond acceptors (Lipinski definition) is 5. The third-order valence-electron chi connectivity index (χ3n) is 3.92. The largest absolute Gasteiger partial charge is 0.494 e. The molecule has 134 valence electrons. The molecule has 0 saturated carbocycles. The first kappa shape index (κ1) is 18.7. The van der Waals surface area contributed by atoms with E-state index in [-0.39, 0.29) is 23.6 Å². The highest BCUT2D eigenvalue weighted by Crippen LogP contribution is 2.18. The summed E-state index contributed by atoms with van der Waals surface area (Å²) < 4.78 is 36.0. The molecule has 1 fully saturated rings. The fourth-order valence-corrected chi connectivity index (χ4v) is 3.63. The fraction of sp³-hybridized carbons (Fsp3) is 0.562. The molecule has 1 amide bonds. The van der Waals surface area contributed by atoms with Gasteiger partial charge in [-0.05, 0) is 31.2 Å². The summed E-state index contributed by atoms with van der Waals surface area (Å²) >= 11 is 0. The van der Waals surface area contributed by atoms with Crippen LogP contribution in [0.2, 0.25) is 0 Å². The number of carbonyl (C=O) groups excluding carboxylic acids is 1. The molecule has 0 aromatic heterocycles. The average Bonchev–Trinajstić information content (AvgIpc) is 2.94. The predicted molar refractivity (Wildman–Crippen MR) is 90.6 cm³/mol. The van der Waals surface area contributed by atoms with Gasteiger partial charge in [0, 0.05) is 25.6 Å². The van der Waals surface area contributed by atoms with Gasteiger partial charge in [-0.25, -0.2) is 12.7 Å². The Morgan fingerprint density at radius 3 is 2.54 bits per heavy atom. The van der Waals surface area contributed by atoms with Crippen LogP contribution in [0.4, 0.5) is 0 Å². The summed E-state index contributed by atoms with van der Waals surface area (Å²) in [5.74, 6) is 0.145. The summed E-state index contributed by atoms with van der Waals surface area (Å²) in [5.41, 5.74) is 0.500. The zero-order chi connectivity index (χ0) is 17.7. The third kappa shape index (κ3) is 4.68. The van der Waals surface area contributed by atoms with Gasteiger partial charge in [0.15, 0.2) is 0 Å². The Balaban J connectivity index is 1.99. The lowest BCUT2D eigenvalue weighted by Crippen LogP contribution is -2.43. The number of ether oxygens (including phenoxy) is 2. The molecular formula is C16H24N2O5S. The number of hydrogen-bond donors (Lipinski definition) is 1. The predicted octanol–water partition coefficient (Wildman–Crippen LogP) is 0.722. The van der Waals surface area contributed by atoms with E-state index in [2.05, 4.69) is 5.32 Å². The number of carbonyl (C=O) groups is 1. The summed E-state index contributed by atoms with van der Waals surface area (Å²) in [6.07, 6.45) is 0. The quantitative estimate of drug-likeness (QED) is 0.778. The molecule has 2 atom stereocenters. The zero-order valence-electron chi connectivity index (χ0n) is 14.2. The van der Waals surface area contributed by atoms with Gasteiger partial charge in [-0.3, -0.25) is 4.79 Å². The molecule has 0 radical (unpaired) electrons. The van der Waals surface area contributed by atoms with Crippen molar-refractivity contribution in [1.29, 1.82) is 0 Å². The molecule has 0 bridgehead atoms. The standard InChI is InChI=1S/C16H24N2O5S/c1-4-23-14-7-5-12(6-8-14)16(19)17-15-10-22-9-13(15)11-24(20,21)18(2)3/h5-8,13,15H,4,9-11H2,1-3H3,(H,17,19)/t13-,15+/m0/s1. The van der Waals surface area contributed by atoms with Crippen LogP contribution in [0.15, 0.2) is 24.3 Å². The van der Waals surface area contributed by atoms with Gasteiger partial charge in [-0.15, -0.1) is 0 Å². The number of nitrogens with zero attached hydrogens (tertiary/aromatic N) is 1. The van der Waals surface area contributed by atoms with Crippen LogP contribution in [0, 0.1) is 5.92 Å². The van der Waals surface area contributed by atoms with Gasteiger partial charge < -0.3 is 14.8 Å². The van der Waals surface area contributed by atoms with Gasteiger partial charge in [-0.1, -0.05) is 0 Å². The molecule has 1 aliphatic heterocycles. The molecule has 24 heavy (non-hydrogen) atoms. The van der Waals surface area contributed by atoms with Gasteiger partial charge in [0.2, 0.25) is 10.0 Å². The van der Waals surface area contributed by atoms with Crippen molar-refractivity contribution in [1.82, 2.24) is 9.62 Å². The minimum Gasteiger partial charge on any atom is -0.494 e. The van der Waals surface area contributed by atoms with Crippen molar-refractivity contribution in [2.45, 2.75) is 13.0 Å². The molecule has 1 aliphatic rings. The molecule has 2 rings (SSSR count). The second-order valence-corrected chi connectivity index (χ2v) is 8.12. The lowest BCUT2D eigenvalue weighted by molar-refractivity contribution is 0.0926. The summed E-state index contributed by atoms with van der Waals surface area (Å²) in [5, 5.41) is 2.87. The average molecular weight is 356 g/mol. The minimum absolute atomic E-state index is 0.0474. The number of amides is 1. The van der Waals surface area contributed by atoms with Crippen molar-refractivity contribution in [3.63, 3.8) is 0 Å². The van der Waals surface area contributed by atoms with E-state index in [1.54, 1.807) is 24.3 Å². The van der Waals surface area contributed by atoms with Crippen LogP contribution in [-0.2, 0) is 14.8 Å². The molecule has 1 aromatic carbocycles. The summed E-state index contributed by atoms with van der Waals surface area (Å²) in [6.45, 7) is 3.09.